The Bertz CT molecular complexity index is 915. The second-order valence-corrected chi connectivity index (χ2v) is 6.97. The molecule has 1 amide bonds. The molecule has 2 aromatic carbocycles. The van der Waals surface area contributed by atoms with E-state index in [1.54, 1.807) is 12.1 Å². The Morgan fingerprint density at radius 2 is 1.81 bits per heavy atom. The van der Waals surface area contributed by atoms with Crippen molar-refractivity contribution in [2.45, 2.75) is 32.4 Å². The molecule has 6 heteroatoms. The Hall–Kier alpha value is -2.66. The van der Waals surface area contributed by atoms with E-state index < -0.39 is 0 Å². The zero-order valence-electron chi connectivity index (χ0n) is 14.4. The van der Waals surface area contributed by atoms with Gasteiger partial charge in [0.2, 0.25) is 11.8 Å². The van der Waals surface area contributed by atoms with Crippen molar-refractivity contribution in [3.05, 3.63) is 70.6 Å². The minimum absolute atomic E-state index is 0.00116. The number of aryl methyl sites for hydroxylation is 1. The van der Waals surface area contributed by atoms with Crippen LogP contribution >= 0.6 is 11.6 Å². The molecule has 0 saturated heterocycles. The smallest absolute Gasteiger partial charge is 0.254 e. The van der Waals surface area contributed by atoms with Crippen molar-refractivity contribution in [1.82, 2.24) is 15.1 Å². The third kappa shape index (κ3) is 3.63. The zero-order valence-corrected chi connectivity index (χ0v) is 15.1. The van der Waals surface area contributed by atoms with Crippen LogP contribution in [-0.2, 0) is 6.54 Å². The summed E-state index contributed by atoms with van der Waals surface area (Å²) in [5.41, 5.74) is 2.61. The molecular weight excluding hydrogens is 350 g/mol. The summed E-state index contributed by atoms with van der Waals surface area (Å²) >= 11 is 5.91. The van der Waals surface area contributed by atoms with Crippen LogP contribution in [0.2, 0.25) is 5.02 Å². The molecule has 0 unspecified atom stereocenters. The molecule has 0 bridgehead atoms. The monoisotopic (exact) mass is 367 g/mol. The van der Waals surface area contributed by atoms with E-state index in [4.69, 9.17) is 16.0 Å². The number of carbonyl (C=O) groups excluding carboxylic acids is 1. The molecule has 0 aliphatic heterocycles. The second-order valence-electron chi connectivity index (χ2n) is 6.54. The lowest BCUT2D eigenvalue weighted by atomic mass is 10.1. The van der Waals surface area contributed by atoms with Gasteiger partial charge in [0.25, 0.3) is 5.91 Å². The number of hydrogen-bond donors (Lipinski definition) is 0. The Kier molecular flexibility index (Phi) is 4.47. The first-order valence-corrected chi connectivity index (χ1v) is 8.94. The van der Waals surface area contributed by atoms with E-state index in [2.05, 4.69) is 10.2 Å². The fraction of sp³-hybridized carbons (Fsp3) is 0.250. The van der Waals surface area contributed by atoms with E-state index in [0.29, 0.717) is 28.9 Å². The van der Waals surface area contributed by atoms with Crippen molar-refractivity contribution in [2.24, 2.45) is 0 Å². The van der Waals surface area contributed by atoms with Gasteiger partial charge in [0, 0.05) is 22.2 Å². The molecule has 1 aromatic heterocycles. The normalized spacial score (nSPS) is 13.6. The van der Waals surface area contributed by atoms with Crippen LogP contribution in [0.3, 0.4) is 0 Å². The van der Waals surface area contributed by atoms with Crippen LogP contribution in [-0.4, -0.2) is 27.0 Å². The van der Waals surface area contributed by atoms with Crippen LogP contribution < -0.4 is 0 Å². The van der Waals surface area contributed by atoms with Gasteiger partial charge in [-0.15, -0.1) is 10.2 Å². The maximum Gasteiger partial charge on any atom is 0.254 e. The van der Waals surface area contributed by atoms with Gasteiger partial charge in [0.15, 0.2) is 0 Å². The zero-order chi connectivity index (χ0) is 18.1. The van der Waals surface area contributed by atoms with Crippen molar-refractivity contribution < 1.29 is 9.21 Å². The van der Waals surface area contributed by atoms with E-state index in [1.807, 2.05) is 48.2 Å². The third-order valence-corrected chi connectivity index (χ3v) is 4.66. The molecule has 0 spiro atoms. The van der Waals surface area contributed by atoms with Crippen molar-refractivity contribution in [3.8, 4) is 11.5 Å². The predicted molar refractivity (Wildman–Crippen MR) is 98.8 cm³/mol. The summed E-state index contributed by atoms with van der Waals surface area (Å²) in [5, 5.41) is 8.86. The molecule has 0 N–H and O–H groups in total. The minimum atomic E-state index is -0.00116. The fourth-order valence-corrected chi connectivity index (χ4v) is 2.91. The summed E-state index contributed by atoms with van der Waals surface area (Å²) in [6, 6.07) is 15.1. The van der Waals surface area contributed by atoms with Crippen molar-refractivity contribution in [2.75, 3.05) is 0 Å². The summed E-state index contributed by atoms with van der Waals surface area (Å²) in [7, 11) is 0. The SMILES string of the molecule is Cc1ccc(C(=O)N(Cc2nnc(-c3ccc(Cl)cc3)o2)C2CC2)cc1. The second kappa shape index (κ2) is 6.92. The highest BCUT2D eigenvalue weighted by Gasteiger charge is 2.34. The molecule has 132 valence electrons. The number of carbonyl (C=O) groups is 1. The molecule has 26 heavy (non-hydrogen) atoms. The predicted octanol–water partition coefficient (Wildman–Crippen LogP) is 4.50. The molecule has 0 atom stereocenters. The number of amides is 1. The van der Waals surface area contributed by atoms with Crippen molar-refractivity contribution >= 4 is 17.5 Å². The Morgan fingerprint density at radius 1 is 1.12 bits per heavy atom. The molecule has 1 fully saturated rings. The van der Waals surface area contributed by atoms with Gasteiger partial charge in [-0.25, -0.2) is 0 Å². The summed E-state index contributed by atoms with van der Waals surface area (Å²) in [6.07, 6.45) is 2.02. The van der Waals surface area contributed by atoms with E-state index in [0.717, 1.165) is 24.0 Å². The van der Waals surface area contributed by atoms with Crippen LogP contribution in [0.4, 0.5) is 0 Å². The Labute approximate surface area is 156 Å². The highest BCUT2D eigenvalue weighted by molar-refractivity contribution is 6.30. The quantitative estimate of drug-likeness (QED) is 0.666. The van der Waals surface area contributed by atoms with Crippen LogP contribution in [0.15, 0.2) is 52.9 Å². The van der Waals surface area contributed by atoms with E-state index in [-0.39, 0.29) is 11.9 Å². The first-order valence-electron chi connectivity index (χ1n) is 8.56. The van der Waals surface area contributed by atoms with Gasteiger partial charge >= 0.3 is 0 Å². The topological polar surface area (TPSA) is 59.2 Å². The average Bonchev–Trinajstić information content (AvgIpc) is 3.38. The highest BCUT2D eigenvalue weighted by atomic mass is 35.5. The first kappa shape index (κ1) is 16.8. The molecule has 1 aliphatic rings. The third-order valence-electron chi connectivity index (χ3n) is 4.41. The van der Waals surface area contributed by atoms with E-state index >= 15 is 0 Å². The molecule has 1 saturated carbocycles. The fourth-order valence-electron chi connectivity index (χ4n) is 2.79. The van der Waals surface area contributed by atoms with Crippen molar-refractivity contribution in [1.29, 1.82) is 0 Å². The molecule has 5 nitrogen and oxygen atoms in total. The number of nitrogens with zero attached hydrogens (tertiary/aromatic N) is 3. The number of benzene rings is 2. The number of halogens is 1. The maximum absolute atomic E-state index is 12.9. The lowest BCUT2D eigenvalue weighted by Crippen LogP contribution is -2.32. The summed E-state index contributed by atoms with van der Waals surface area (Å²) in [6.45, 7) is 2.32. The number of hydrogen-bond acceptors (Lipinski definition) is 4. The van der Waals surface area contributed by atoms with Gasteiger partial charge in [-0.2, -0.15) is 0 Å². The molecule has 0 radical (unpaired) electrons. The van der Waals surface area contributed by atoms with Gasteiger partial charge in [-0.3, -0.25) is 4.79 Å². The molecule has 3 aromatic rings. The van der Waals surface area contributed by atoms with E-state index in [1.165, 1.54) is 0 Å². The van der Waals surface area contributed by atoms with Crippen LogP contribution in [0.25, 0.3) is 11.5 Å². The van der Waals surface area contributed by atoms with Gasteiger partial charge in [0.1, 0.15) is 0 Å². The van der Waals surface area contributed by atoms with Gasteiger partial charge in [-0.1, -0.05) is 29.3 Å². The molecule has 1 aliphatic carbocycles. The largest absolute Gasteiger partial charge is 0.419 e. The van der Waals surface area contributed by atoms with Crippen molar-refractivity contribution in [3.63, 3.8) is 0 Å². The maximum atomic E-state index is 12.9. The first-order chi connectivity index (χ1) is 12.6. The molecular formula is C20H18ClN3O2. The van der Waals surface area contributed by atoms with E-state index in [9.17, 15) is 4.79 Å². The number of aromatic nitrogens is 2. The molecule has 4 rings (SSSR count). The van der Waals surface area contributed by atoms with Gasteiger partial charge in [0.05, 0.1) is 6.54 Å². The van der Waals surface area contributed by atoms with Crippen LogP contribution in [0.5, 0.6) is 0 Å². The van der Waals surface area contributed by atoms with Crippen LogP contribution in [0, 0.1) is 6.92 Å². The lowest BCUT2D eigenvalue weighted by Gasteiger charge is -2.20. The summed E-state index contributed by atoms with van der Waals surface area (Å²) < 4.78 is 5.76. The lowest BCUT2D eigenvalue weighted by molar-refractivity contribution is 0.0714. The number of rotatable bonds is 5. The summed E-state index contributed by atoms with van der Waals surface area (Å²) in [5.74, 6) is 0.858. The standard InChI is InChI=1S/C20H18ClN3O2/c1-13-2-4-15(5-3-13)20(25)24(17-10-11-17)12-18-22-23-19(26-18)14-6-8-16(21)9-7-14/h2-9,17H,10-12H2,1H3. The molecule has 1 heterocycles. The average molecular weight is 368 g/mol. The van der Waals surface area contributed by atoms with Crippen LogP contribution in [0.1, 0.15) is 34.7 Å². The summed E-state index contributed by atoms with van der Waals surface area (Å²) in [4.78, 5) is 14.7. The Balaban J connectivity index is 1.53. The Morgan fingerprint density at radius 3 is 2.46 bits per heavy atom. The highest BCUT2D eigenvalue weighted by Crippen LogP contribution is 2.30. The van der Waals surface area contributed by atoms with Gasteiger partial charge in [-0.05, 0) is 56.2 Å². The minimum Gasteiger partial charge on any atom is -0.419 e. The van der Waals surface area contributed by atoms with Gasteiger partial charge < -0.3 is 9.32 Å².